The Bertz CT molecular complexity index is 679. The van der Waals surface area contributed by atoms with E-state index in [1.807, 2.05) is 0 Å². The lowest BCUT2D eigenvalue weighted by molar-refractivity contribution is -0.133. The minimum Gasteiger partial charge on any atom is -0.481 e. The summed E-state index contributed by atoms with van der Waals surface area (Å²) in [5.74, 6) is -2.44. The Hall–Kier alpha value is -2.06. The second-order valence-corrected chi connectivity index (χ2v) is 6.05. The molecule has 0 unspecified atom stereocenters. The van der Waals surface area contributed by atoms with E-state index in [-0.39, 0.29) is 46.7 Å². The molecule has 1 heterocycles. The number of fused-ring (bicyclic) bond motifs is 1. The Balaban J connectivity index is 1.85. The number of carbonyl (C=O) groups is 4. The minimum atomic E-state index is -0.995. The summed E-state index contributed by atoms with van der Waals surface area (Å²) < 4.78 is 0. The van der Waals surface area contributed by atoms with Crippen molar-refractivity contribution in [3.63, 3.8) is 0 Å². The number of hydrogen-bond acceptors (Lipinski definition) is 5. The van der Waals surface area contributed by atoms with E-state index in [1.165, 1.54) is 12.1 Å². The van der Waals surface area contributed by atoms with Crippen LogP contribution >= 0.6 is 23.4 Å². The fourth-order valence-corrected chi connectivity index (χ4v) is 2.90. The zero-order valence-electron chi connectivity index (χ0n) is 11.9. The standard InChI is InChI=1S/C14H13ClN2O5S/c15-9-3-1-2-8-12(9)14(22)17(13(8)21)5-4-16-10(18)6-23-7-11(19)20/h1-3H,4-7H2,(H,16,18)(H,19,20). The van der Waals surface area contributed by atoms with Crippen molar-refractivity contribution in [3.05, 3.63) is 34.3 Å². The smallest absolute Gasteiger partial charge is 0.313 e. The van der Waals surface area contributed by atoms with Crippen LogP contribution in [0.2, 0.25) is 5.02 Å². The monoisotopic (exact) mass is 356 g/mol. The molecule has 0 radical (unpaired) electrons. The highest BCUT2D eigenvalue weighted by Crippen LogP contribution is 2.28. The molecular weight excluding hydrogens is 344 g/mol. The summed E-state index contributed by atoms with van der Waals surface area (Å²) in [7, 11) is 0. The molecule has 0 aliphatic carbocycles. The average molecular weight is 357 g/mol. The third-order valence-electron chi connectivity index (χ3n) is 3.06. The molecule has 2 N–H and O–H groups in total. The summed E-state index contributed by atoms with van der Waals surface area (Å²) >= 11 is 6.91. The zero-order valence-corrected chi connectivity index (χ0v) is 13.4. The van der Waals surface area contributed by atoms with Gasteiger partial charge in [-0.1, -0.05) is 17.7 Å². The van der Waals surface area contributed by atoms with Gasteiger partial charge >= 0.3 is 5.97 Å². The normalized spacial score (nSPS) is 13.2. The average Bonchev–Trinajstić information content (AvgIpc) is 2.73. The molecule has 122 valence electrons. The van der Waals surface area contributed by atoms with E-state index in [0.717, 1.165) is 16.7 Å². The van der Waals surface area contributed by atoms with Crippen LogP contribution in [-0.4, -0.2) is 58.3 Å². The van der Waals surface area contributed by atoms with Gasteiger partial charge in [-0.2, -0.15) is 0 Å². The lowest BCUT2D eigenvalue weighted by Gasteiger charge is -2.14. The molecule has 0 spiro atoms. The van der Waals surface area contributed by atoms with Crippen molar-refractivity contribution in [1.29, 1.82) is 0 Å². The zero-order chi connectivity index (χ0) is 17.0. The van der Waals surface area contributed by atoms with Crippen molar-refractivity contribution in [3.8, 4) is 0 Å². The van der Waals surface area contributed by atoms with Crippen LogP contribution in [0.5, 0.6) is 0 Å². The first-order valence-electron chi connectivity index (χ1n) is 6.62. The first-order valence-corrected chi connectivity index (χ1v) is 8.16. The van der Waals surface area contributed by atoms with Gasteiger partial charge in [0.1, 0.15) is 0 Å². The van der Waals surface area contributed by atoms with Crippen LogP contribution in [0, 0.1) is 0 Å². The van der Waals surface area contributed by atoms with Gasteiger partial charge in [-0.15, -0.1) is 11.8 Å². The molecule has 23 heavy (non-hydrogen) atoms. The van der Waals surface area contributed by atoms with Gasteiger partial charge in [0.25, 0.3) is 11.8 Å². The van der Waals surface area contributed by atoms with Gasteiger partial charge in [-0.3, -0.25) is 24.1 Å². The van der Waals surface area contributed by atoms with Crippen LogP contribution < -0.4 is 5.32 Å². The largest absolute Gasteiger partial charge is 0.481 e. The molecule has 1 aromatic rings. The number of benzene rings is 1. The number of carboxylic acid groups (broad SMARTS) is 1. The Morgan fingerprint density at radius 2 is 1.96 bits per heavy atom. The third-order valence-corrected chi connectivity index (χ3v) is 4.30. The highest BCUT2D eigenvalue weighted by molar-refractivity contribution is 8.00. The summed E-state index contributed by atoms with van der Waals surface area (Å²) in [6.07, 6.45) is 0. The fraction of sp³-hybridized carbons (Fsp3) is 0.286. The van der Waals surface area contributed by atoms with Crippen LogP contribution in [0.25, 0.3) is 0 Å². The van der Waals surface area contributed by atoms with E-state index in [0.29, 0.717) is 0 Å². The predicted molar refractivity (Wildman–Crippen MR) is 84.8 cm³/mol. The molecular formula is C14H13ClN2O5S. The summed E-state index contributed by atoms with van der Waals surface area (Å²) in [5, 5.41) is 11.2. The van der Waals surface area contributed by atoms with Crippen LogP contribution in [0.15, 0.2) is 18.2 Å². The maximum Gasteiger partial charge on any atom is 0.313 e. The van der Waals surface area contributed by atoms with Crippen LogP contribution in [0.4, 0.5) is 0 Å². The number of carbonyl (C=O) groups excluding carboxylic acids is 3. The van der Waals surface area contributed by atoms with Gasteiger partial charge in [0, 0.05) is 13.1 Å². The second kappa shape index (κ2) is 7.47. The Kier molecular flexibility index (Phi) is 5.62. The minimum absolute atomic E-state index is 0.000245. The molecule has 0 fully saturated rings. The lowest BCUT2D eigenvalue weighted by atomic mass is 10.1. The molecule has 0 bridgehead atoms. The molecule has 3 amide bonds. The van der Waals surface area contributed by atoms with Crippen molar-refractivity contribution >= 4 is 47.1 Å². The van der Waals surface area contributed by atoms with Gasteiger partial charge in [-0.05, 0) is 12.1 Å². The molecule has 7 nitrogen and oxygen atoms in total. The summed E-state index contributed by atoms with van der Waals surface area (Å²) in [6.45, 7) is 0.119. The summed E-state index contributed by atoms with van der Waals surface area (Å²) in [6, 6.07) is 4.66. The highest BCUT2D eigenvalue weighted by atomic mass is 35.5. The van der Waals surface area contributed by atoms with E-state index in [1.54, 1.807) is 6.07 Å². The third kappa shape index (κ3) is 4.02. The van der Waals surface area contributed by atoms with Gasteiger partial charge in [-0.25, -0.2) is 0 Å². The highest BCUT2D eigenvalue weighted by Gasteiger charge is 2.36. The Morgan fingerprint density at radius 3 is 2.61 bits per heavy atom. The predicted octanol–water partition coefficient (Wildman–Crippen LogP) is 0.870. The van der Waals surface area contributed by atoms with Crippen molar-refractivity contribution in [2.24, 2.45) is 0 Å². The summed E-state index contributed by atoms with van der Waals surface area (Å²) in [5.41, 5.74) is 0.438. The van der Waals surface area contributed by atoms with Crippen LogP contribution in [0.3, 0.4) is 0 Å². The van der Waals surface area contributed by atoms with E-state index in [9.17, 15) is 19.2 Å². The molecule has 2 rings (SSSR count). The number of nitrogens with zero attached hydrogens (tertiary/aromatic N) is 1. The first kappa shape index (κ1) is 17.3. The van der Waals surface area contributed by atoms with Gasteiger partial charge in [0.2, 0.25) is 5.91 Å². The number of imide groups is 1. The maximum absolute atomic E-state index is 12.2. The van der Waals surface area contributed by atoms with Gasteiger partial charge < -0.3 is 10.4 Å². The van der Waals surface area contributed by atoms with E-state index in [4.69, 9.17) is 16.7 Å². The van der Waals surface area contributed by atoms with Crippen LogP contribution in [0.1, 0.15) is 20.7 Å². The molecule has 0 atom stereocenters. The van der Waals surface area contributed by atoms with Crippen molar-refractivity contribution in [2.45, 2.75) is 0 Å². The SMILES string of the molecule is O=C(O)CSCC(=O)NCCN1C(=O)c2cccc(Cl)c2C1=O. The molecule has 1 aliphatic rings. The van der Waals surface area contributed by atoms with Crippen molar-refractivity contribution in [1.82, 2.24) is 10.2 Å². The topological polar surface area (TPSA) is 104 Å². The quantitative estimate of drug-likeness (QED) is 0.702. The summed E-state index contributed by atoms with van der Waals surface area (Å²) in [4.78, 5) is 47.2. The van der Waals surface area contributed by atoms with Gasteiger partial charge in [0.15, 0.2) is 0 Å². The first-order chi connectivity index (χ1) is 10.9. The fourth-order valence-electron chi connectivity index (χ4n) is 2.08. The maximum atomic E-state index is 12.2. The number of rotatable bonds is 7. The van der Waals surface area contributed by atoms with Crippen molar-refractivity contribution < 1.29 is 24.3 Å². The number of thioether (sulfide) groups is 1. The number of hydrogen-bond donors (Lipinski definition) is 2. The molecule has 0 saturated carbocycles. The second-order valence-electron chi connectivity index (χ2n) is 4.66. The van der Waals surface area contributed by atoms with Crippen molar-refractivity contribution in [2.75, 3.05) is 24.6 Å². The number of halogens is 1. The Morgan fingerprint density at radius 1 is 1.22 bits per heavy atom. The molecule has 1 aromatic carbocycles. The lowest BCUT2D eigenvalue weighted by Crippen LogP contribution is -2.38. The van der Waals surface area contributed by atoms with E-state index in [2.05, 4.69) is 5.32 Å². The van der Waals surface area contributed by atoms with Gasteiger partial charge in [0.05, 0.1) is 27.7 Å². The number of nitrogens with one attached hydrogen (secondary N) is 1. The van der Waals surface area contributed by atoms with E-state index < -0.39 is 17.8 Å². The number of amides is 3. The molecule has 0 saturated heterocycles. The Labute approximate surface area is 141 Å². The van der Waals surface area contributed by atoms with Crippen LogP contribution in [-0.2, 0) is 9.59 Å². The number of aliphatic carboxylic acids is 1. The number of carboxylic acids is 1. The molecule has 1 aliphatic heterocycles. The molecule has 9 heteroatoms. The molecule has 0 aromatic heterocycles. The van der Waals surface area contributed by atoms with E-state index >= 15 is 0 Å².